The molecule has 116 valence electrons. The standard InChI is InChI=1S/C15H28N2O3/c1-6-8-11-14(19)17(9-7-10-20-5)12(13(18)16-11)15(2,3)4/h11-12H,6-10H2,1-5H3,(H,16,18). The van der Waals surface area contributed by atoms with Crippen molar-refractivity contribution in [2.45, 2.75) is 59.0 Å². The summed E-state index contributed by atoms with van der Waals surface area (Å²) < 4.78 is 5.05. The first-order valence-corrected chi connectivity index (χ1v) is 7.42. The van der Waals surface area contributed by atoms with Crippen LogP contribution in [0.25, 0.3) is 0 Å². The van der Waals surface area contributed by atoms with Gasteiger partial charge in [0.15, 0.2) is 0 Å². The van der Waals surface area contributed by atoms with Crippen molar-refractivity contribution >= 4 is 11.8 Å². The van der Waals surface area contributed by atoms with Crippen molar-refractivity contribution in [3.05, 3.63) is 0 Å². The van der Waals surface area contributed by atoms with Crippen molar-refractivity contribution in [3.8, 4) is 0 Å². The van der Waals surface area contributed by atoms with Gasteiger partial charge in [-0.05, 0) is 18.3 Å². The van der Waals surface area contributed by atoms with Gasteiger partial charge in [0.2, 0.25) is 11.8 Å². The van der Waals surface area contributed by atoms with Gasteiger partial charge in [-0.2, -0.15) is 0 Å². The molecule has 1 aliphatic rings. The minimum absolute atomic E-state index is 0.0343. The molecular weight excluding hydrogens is 256 g/mol. The summed E-state index contributed by atoms with van der Waals surface area (Å²) in [6.45, 7) is 9.17. The third-order valence-corrected chi connectivity index (χ3v) is 3.60. The van der Waals surface area contributed by atoms with Gasteiger partial charge >= 0.3 is 0 Å². The maximum Gasteiger partial charge on any atom is 0.245 e. The molecule has 0 spiro atoms. The van der Waals surface area contributed by atoms with Crippen molar-refractivity contribution < 1.29 is 14.3 Å². The lowest BCUT2D eigenvalue weighted by Gasteiger charge is -2.44. The van der Waals surface area contributed by atoms with E-state index in [4.69, 9.17) is 4.74 Å². The molecule has 0 aromatic rings. The number of piperazine rings is 1. The molecule has 0 radical (unpaired) electrons. The predicted octanol–water partition coefficient (Wildman–Crippen LogP) is 1.56. The Hall–Kier alpha value is -1.10. The van der Waals surface area contributed by atoms with Gasteiger partial charge in [-0.15, -0.1) is 0 Å². The molecule has 5 heteroatoms. The number of nitrogens with zero attached hydrogens (tertiary/aromatic N) is 1. The Balaban J connectivity index is 2.91. The summed E-state index contributed by atoms with van der Waals surface area (Å²) in [7, 11) is 1.64. The number of carbonyl (C=O) groups is 2. The van der Waals surface area contributed by atoms with Crippen molar-refractivity contribution in [3.63, 3.8) is 0 Å². The van der Waals surface area contributed by atoms with Crippen LogP contribution in [0.2, 0.25) is 0 Å². The van der Waals surface area contributed by atoms with E-state index in [0.29, 0.717) is 19.6 Å². The number of nitrogens with one attached hydrogen (secondary N) is 1. The van der Waals surface area contributed by atoms with E-state index in [1.54, 1.807) is 12.0 Å². The Kier molecular flexibility index (Phi) is 5.99. The largest absolute Gasteiger partial charge is 0.385 e. The zero-order valence-electron chi connectivity index (χ0n) is 13.4. The van der Waals surface area contributed by atoms with Crippen LogP contribution in [0.4, 0.5) is 0 Å². The minimum atomic E-state index is -0.403. The van der Waals surface area contributed by atoms with Crippen molar-refractivity contribution in [1.82, 2.24) is 10.2 Å². The first-order chi connectivity index (χ1) is 9.32. The van der Waals surface area contributed by atoms with Crippen LogP contribution >= 0.6 is 0 Å². The summed E-state index contributed by atoms with van der Waals surface area (Å²) in [4.78, 5) is 26.7. The van der Waals surface area contributed by atoms with E-state index in [1.165, 1.54) is 0 Å². The summed E-state index contributed by atoms with van der Waals surface area (Å²) in [5.41, 5.74) is -0.274. The monoisotopic (exact) mass is 284 g/mol. The molecular formula is C15H28N2O3. The SMILES string of the molecule is CCCC1NC(=O)C(C(C)(C)C)N(CCCOC)C1=O. The lowest BCUT2D eigenvalue weighted by atomic mass is 9.82. The normalized spacial score (nSPS) is 23.9. The quantitative estimate of drug-likeness (QED) is 0.753. The topological polar surface area (TPSA) is 58.6 Å². The second-order valence-corrected chi connectivity index (χ2v) is 6.50. The minimum Gasteiger partial charge on any atom is -0.385 e. The molecule has 0 aromatic carbocycles. The van der Waals surface area contributed by atoms with Crippen LogP contribution in [-0.4, -0.2) is 49.1 Å². The van der Waals surface area contributed by atoms with Gasteiger partial charge in [-0.25, -0.2) is 0 Å². The number of hydrogen-bond acceptors (Lipinski definition) is 3. The summed E-state index contributed by atoms with van der Waals surface area (Å²) in [5, 5.41) is 2.88. The first-order valence-electron chi connectivity index (χ1n) is 7.42. The van der Waals surface area contributed by atoms with E-state index in [2.05, 4.69) is 5.32 Å². The van der Waals surface area contributed by atoms with Crippen LogP contribution in [0.5, 0.6) is 0 Å². The molecule has 1 rings (SSSR count). The zero-order valence-corrected chi connectivity index (χ0v) is 13.4. The van der Waals surface area contributed by atoms with E-state index in [9.17, 15) is 9.59 Å². The molecule has 1 saturated heterocycles. The number of carbonyl (C=O) groups excluding carboxylic acids is 2. The van der Waals surface area contributed by atoms with Crippen LogP contribution < -0.4 is 5.32 Å². The zero-order chi connectivity index (χ0) is 15.3. The molecule has 2 atom stereocenters. The fourth-order valence-electron chi connectivity index (χ4n) is 2.74. The van der Waals surface area contributed by atoms with Gasteiger partial charge in [-0.1, -0.05) is 34.1 Å². The third-order valence-electron chi connectivity index (χ3n) is 3.60. The molecule has 0 bridgehead atoms. The Labute approximate surface area is 122 Å². The van der Waals surface area contributed by atoms with Crippen molar-refractivity contribution in [2.24, 2.45) is 5.41 Å². The lowest BCUT2D eigenvalue weighted by Crippen LogP contribution is -2.66. The summed E-state index contributed by atoms with van der Waals surface area (Å²) in [6.07, 6.45) is 2.33. The molecule has 0 saturated carbocycles. The molecule has 1 aliphatic heterocycles. The fraction of sp³-hybridized carbons (Fsp3) is 0.867. The Morgan fingerprint density at radius 2 is 1.95 bits per heavy atom. The van der Waals surface area contributed by atoms with Gasteiger partial charge in [0.25, 0.3) is 0 Å². The molecule has 0 aliphatic carbocycles. The van der Waals surface area contributed by atoms with Crippen LogP contribution in [0, 0.1) is 5.41 Å². The molecule has 1 N–H and O–H groups in total. The summed E-state index contributed by atoms with van der Waals surface area (Å²) in [6, 6.07) is -0.770. The Morgan fingerprint density at radius 1 is 1.30 bits per heavy atom. The molecule has 0 aromatic heterocycles. The number of methoxy groups -OCH3 is 1. The summed E-state index contributed by atoms with van der Waals surface area (Å²) >= 11 is 0. The highest BCUT2D eigenvalue weighted by atomic mass is 16.5. The van der Waals surface area contributed by atoms with Gasteiger partial charge in [0.05, 0.1) is 0 Å². The van der Waals surface area contributed by atoms with E-state index < -0.39 is 6.04 Å². The molecule has 5 nitrogen and oxygen atoms in total. The molecule has 2 unspecified atom stereocenters. The molecule has 1 heterocycles. The fourth-order valence-corrected chi connectivity index (χ4v) is 2.74. The van der Waals surface area contributed by atoms with E-state index in [0.717, 1.165) is 12.8 Å². The van der Waals surface area contributed by atoms with Gasteiger partial charge in [-0.3, -0.25) is 9.59 Å². The smallest absolute Gasteiger partial charge is 0.245 e. The lowest BCUT2D eigenvalue weighted by molar-refractivity contribution is -0.154. The van der Waals surface area contributed by atoms with Gasteiger partial charge in [0.1, 0.15) is 12.1 Å². The van der Waals surface area contributed by atoms with Crippen molar-refractivity contribution in [1.29, 1.82) is 0 Å². The van der Waals surface area contributed by atoms with E-state index >= 15 is 0 Å². The third kappa shape index (κ3) is 3.95. The average molecular weight is 284 g/mol. The number of ether oxygens (including phenoxy) is 1. The highest BCUT2D eigenvalue weighted by Crippen LogP contribution is 2.28. The average Bonchev–Trinajstić information content (AvgIpc) is 2.33. The number of rotatable bonds is 6. The van der Waals surface area contributed by atoms with Crippen LogP contribution in [0.15, 0.2) is 0 Å². The highest BCUT2D eigenvalue weighted by Gasteiger charge is 2.45. The number of amides is 2. The Bertz CT molecular complexity index is 350. The number of hydrogen-bond donors (Lipinski definition) is 1. The maximum absolute atomic E-state index is 12.6. The molecule has 1 fully saturated rings. The van der Waals surface area contributed by atoms with Crippen LogP contribution in [-0.2, 0) is 14.3 Å². The van der Waals surface area contributed by atoms with Crippen molar-refractivity contribution in [2.75, 3.05) is 20.3 Å². The maximum atomic E-state index is 12.6. The van der Waals surface area contributed by atoms with E-state index in [1.807, 2.05) is 27.7 Å². The van der Waals surface area contributed by atoms with E-state index in [-0.39, 0.29) is 23.3 Å². The second kappa shape index (κ2) is 7.07. The predicted molar refractivity (Wildman–Crippen MR) is 78.3 cm³/mol. The second-order valence-electron chi connectivity index (χ2n) is 6.50. The van der Waals surface area contributed by atoms with Crippen LogP contribution in [0.3, 0.4) is 0 Å². The molecule has 2 amide bonds. The van der Waals surface area contributed by atoms with Crippen LogP contribution in [0.1, 0.15) is 47.0 Å². The highest BCUT2D eigenvalue weighted by molar-refractivity contribution is 5.97. The first kappa shape index (κ1) is 17.0. The Morgan fingerprint density at radius 3 is 2.45 bits per heavy atom. The molecule has 20 heavy (non-hydrogen) atoms. The van der Waals surface area contributed by atoms with Gasteiger partial charge in [0, 0.05) is 20.3 Å². The van der Waals surface area contributed by atoms with Gasteiger partial charge < -0.3 is 15.0 Å². The summed E-state index contributed by atoms with van der Waals surface area (Å²) in [5.74, 6) is 0.00967.